The maximum absolute atomic E-state index is 13.9. The summed E-state index contributed by atoms with van der Waals surface area (Å²) in [6.45, 7) is 0.366. The maximum atomic E-state index is 13.9. The molecule has 1 saturated heterocycles. The number of amides is 2. The van der Waals surface area contributed by atoms with Crippen LogP contribution in [0.15, 0.2) is 66.7 Å². The third kappa shape index (κ3) is 4.36. The number of ether oxygens (including phenoxy) is 2. The molecule has 0 saturated carbocycles. The van der Waals surface area contributed by atoms with E-state index < -0.39 is 17.3 Å². The van der Waals surface area contributed by atoms with Crippen molar-refractivity contribution in [3.63, 3.8) is 0 Å². The Kier molecular flexibility index (Phi) is 6.67. The molecule has 0 spiro atoms. The Morgan fingerprint density at radius 2 is 1.77 bits per heavy atom. The number of aromatic nitrogens is 1. The number of aromatic amines is 1. The molecule has 6 rings (SSSR count). The van der Waals surface area contributed by atoms with Crippen LogP contribution >= 0.6 is 0 Å². The molecule has 3 aromatic carbocycles. The average molecular weight is 543 g/mol. The monoisotopic (exact) mass is 542 g/mol. The molecule has 2 aliphatic rings. The van der Waals surface area contributed by atoms with Crippen molar-refractivity contribution >= 4 is 28.4 Å². The summed E-state index contributed by atoms with van der Waals surface area (Å²) in [5, 5.41) is 20.8. The highest BCUT2D eigenvalue weighted by molar-refractivity contribution is 5.97. The van der Waals surface area contributed by atoms with Gasteiger partial charge in [-0.3, -0.25) is 9.59 Å². The molecule has 10 nitrogen and oxygen atoms in total. The van der Waals surface area contributed by atoms with Crippen molar-refractivity contribution in [1.29, 1.82) is 0 Å². The molecular weight excluding hydrogens is 512 g/mol. The van der Waals surface area contributed by atoms with Gasteiger partial charge in [-0.2, -0.15) is 5.23 Å². The average Bonchev–Trinajstić information content (AvgIpc) is 3.35. The molecule has 3 unspecified atom stereocenters. The van der Waals surface area contributed by atoms with E-state index in [1.807, 2.05) is 42.5 Å². The van der Waals surface area contributed by atoms with Gasteiger partial charge in [-0.05, 0) is 41.3 Å². The van der Waals surface area contributed by atoms with Crippen LogP contribution in [0.25, 0.3) is 10.9 Å². The molecule has 0 bridgehead atoms. The van der Waals surface area contributed by atoms with Crippen LogP contribution < -0.4 is 14.7 Å². The van der Waals surface area contributed by atoms with Crippen molar-refractivity contribution in [2.24, 2.45) is 0 Å². The minimum absolute atomic E-state index is 0.0259. The molecule has 3 N–H and O–H groups in total. The predicted molar refractivity (Wildman–Crippen MR) is 147 cm³/mol. The minimum Gasteiger partial charge on any atom is -0.595 e. The van der Waals surface area contributed by atoms with Gasteiger partial charge in [0, 0.05) is 41.7 Å². The lowest BCUT2D eigenvalue weighted by molar-refractivity contribution is -0.991. The number of para-hydroxylation sites is 1. The van der Waals surface area contributed by atoms with Crippen LogP contribution in [-0.4, -0.2) is 65.2 Å². The number of methoxy groups -OCH3 is 2. The third-order valence-corrected chi connectivity index (χ3v) is 7.93. The lowest BCUT2D eigenvalue weighted by atomic mass is 9.86. The number of nitrogens with one attached hydrogen (secondary N) is 2. The number of quaternary nitrogens is 1. The van der Waals surface area contributed by atoms with Crippen LogP contribution in [-0.2, 0) is 22.4 Å². The quantitative estimate of drug-likeness (QED) is 0.309. The number of rotatable bonds is 7. The van der Waals surface area contributed by atoms with Gasteiger partial charge in [0.25, 0.3) is 0 Å². The summed E-state index contributed by atoms with van der Waals surface area (Å²) < 4.78 is 10.7. The van der Waals surface area contributed by atoms with Gasteiger partial charge in [-0.1, -0.05) is 36.4 Å². The van der Waals surface area contributed by atoms with E-state index in [0.29, 0.717) is 30.9 Å². The van der Waals surface area contributed by atoms with Crippen LogP contribution in [0, 0.1) is 5.21 Å². The molecule has 0 aliphatic carbocycles. The number of carbonyl (C=O) groups excluding carboxylic acids is 2. The van der Waals surface area contributed by atoms with Crippen LogP contribution in [0.4, 0.5) is 5.69 Å². The van der Waals surface area contributed by atoms with Crippen LogP contribution in [0.1, 0.15) is 28.4 Å². The van der Waals surface area contributed by atoms with Crippen molar-refractivity contribution < 1.29 is 29.5 Å². The lowest BCUT2D eigenvalue weighted by Gasteiger charge is -2.47. The summed E-state index contributed by atoms with van der Waals surface area (Å²) in [6.07, 6.45) is 0.963. The van der Waals surface area contributed by atoms with Crippen molar-refractivity contribution in [2.75, 3.05) is 27.3 Å². The standard InChI is InChI=1S/C30H30N4O6/c1-39-25-12-7-18(15-26(25)40-2)13-14-32-17-27(35)33-24(30(32)36)16-22-21-5-3-4-6-23(21)31-28(22)29(33)19-8-10-20(11-9-19)34(37)38/h3-12,15,24,29,31,34,37H,13-14,16-17H2,1-2H3. The Hall–Kier alpha value is -4.38. The second-order valence-electron chi connectivity index (χ2n) is 10.1. The van der Waals surface area contributed by atoms with Crippen molar-refractivity contribution in [3.05, 3.63) is 94.3 Å². The van der Waals surface area contributed by atoms with Crippen LogP contribution in [0.3, 0.4) is 0 Å². The highest BCUT2D eigenvalue weighted by Gasteiger charge is 2.48. The molecule has 1 aromatic heterocycles. The maximum Gasteiger partial charge on any atom is 0.246 e. The number of hydrogen-bond acceptors (Lipinski definition) is 6. The highest BCUT2D eigenvalue weighted by Crippen LogP contribution is 2.42. The summed E-state index contributed by atoms with van der Waals surface area (Å²) in [7, 11) is 3.16. The molecular formula is C30H30N4O6. The largest absolute Gasteiger partial charge is 0.595 e. The van der Waals surface area contributed by atoms with E-state index in [9.17, 15) is 20.0 Å². The summed E-state index contributed by atoms with van der Waals surface area (Å²) in [6, 6.07) is 18.9. The molecule has 1 fully saturated rings. The molecule has 4 aromatic rings. The molecule has 3 atom stereocenters. The van der Waals surface area contributed by atoms with E-state index in [4.69, 9.17) is 9.47 Å². The van der Waals surface area contributed by atoms with Gasteiger partial charge in [0.2, 0.25) is 11.8 Å². The molecule has 2 aliphatic heterocycles. The van der Waals surface area contributed by atoms with Crippen LogP contribution in [0.2, 0.25) is 0 Å². The zero-order chi connectivity index (χ0) is 28.0. The van der Waals surface area contributed by atoms with Crippen molar-refractivity contribution in [3.8, 4) is 11.5 Å². The molecule has 206 valence electrons. The first-order valence-corrected chi connectivity index (χ1v) is 13.1. The predicted octanol–water partition coefficient (Wildman–Crippen LogP) is 2.52. The molecule has 2 amide bonds. The number of benzene rings is 3. The number of H-pyrrole nitrogens is 1. The normalized spacial score (nSPS) is 19.4. The molecule has 0 radical (unpaired) electrons. The van der Waals surface area contributed by atoms with Gasteiger partial charge in [-0.25, -0.2) is 5.21 Å². The zero-order valence-corrected chi connectivity index (χ0v) is 22.2. The summed E-state index contributed by atoms with van der Waals surface area (Å²) in [5.74, 6) is 1.00. The number of hydrogen-bond donors (Lipinski definition) is 3. The Morgan fingerprint density at radius 3 is 2.50 bits per heavy atom. The number of carbonyl (C=O) groups is 2. The number of nitrogens with zero attached hydrogens (tertiary/aromatic N) is 2. The Bertz CT molecular complexity index is 1580. The van der Waals surface area contributed by atoms with Crippen molar-refractivity contribution in [1.82, 2.24) is 14.8 Å². The first-order chi connectivity index (χ1) is 19.4. The van der Waals surface area contributed by atoms with Crippen molar-refractivity contribution in [2.45, 2.75) is 24.9 Å². The van der Waals surface area contributed by atoms with Gasteiger partial charge >= 0.3 is 0 Å². The number of piperazine rings is 1. The van der Waals surface area contributed by atoms with E-state index in [0.717, 1.165) is 33.3 Å². The fourth-order valence-corrected chi connectivity index (χ4v) is 5.97. The van der Waals surface area contributed by atoms with Gasteiger partial charge < -0.3 is 29.5 Å². The molecule has 10 heteroatoms. The SMILES string of the molecule is COc1ccc(CCN2CC(=O)N3C(Cc4c([nH]c5ccccc45)C3c3ccc([NH+]([O-])O)cc3)C2=O)cc1OC. The van der Waals surface area contributed by atoms with E-state index in [1.54, 1.807) is 36.2 Å². The summed E-state index contributed by atoms with van der Waals surface area (Å²) in [4.78, 5) is 34.5. The summed E-state index contributed by atoms with van der Waals surface area (Å²) in [5.41, 5.74) is 4.69. The van der Waals surface area contributed by atoms with E-state index in [-0.39, 0.29) is 24.0 Å². The first-order valence-electron chi connectivity index (χ1n) is 13.1. The Balaban J connectivity index is 1.34. The second-order valence-corrected chi connectivity index (χ2v) is 10.1. The Labute approximate surface area is 230 Å². The third-order valence-electron chi connectivity index (χ3n) is 7.93. The zero-order valence-electron chi connectivity index (χ0n) is 22.2. The topological polar surface area (TPSA) is 123 Å². The highest BCUT2D eigenvalue weighted by atomic mass is 16.8. The smallest absolute Gasteiger partial charge is 0.246 e. The molecule has 40 heavy (non-hydrogen) atoms. The van der Waals surface area contributed by atoms with Gasteiger partial charge in [0.05, 0.1) is 26.8 Å². The second kappa shape index (κ2) is 10.3. The van der Waals surface area contributed by atoms with Gasteiger partial charge in [-0.15, -0.1) is 0 Å². The van der Waals surface area contributed by atoms with E-state index in [1.165, 1.54) is 12.1 Å². The summed E-state index contributed by atoms with van der Waals surface area (Å²) >= 11 is 0. The van der Waals surface area contributed by atoms with E-state index in [2.05, 4.69) is 4.98 Å². The minimum atomic E-state index is -1.02. The fourth-order valence-electron chi connectivity index (χ4n) is 5.97. The lowest BCUT2D eigenvalue weighted by Crippen LogP contribution is -2.99. The molecule has 3 heterocycles. The fraction of sp³-hybridized carbons (Fsp3) is 0.267. The van der Waals surface area contributed by atoms with E-state index >= 15 is 0 Å². The van der Waals surface area contributed by atoms with Gasteiger partial charge in [0.15, 0.2) is 17.2 Å². The van der Waals surface area contributed by atoms with Gasteiger partial charge in [0.1, 0.15) is 6.04 Å². The first kappa shape index (κ1) is 25.9. The van der Waals surface area contributed by atoms with Crippen LogP contribution in [0.5, 0.6) is 11.5 Å². The Morgan fingerprint density at radius 1 is 1.02 bits per heavy atom. The number of fused-ring (bicyclic) bond motifs is 4.